The Balaban J connectivity index is 2.07. The summed E-state index contributed by atoms with van der Waals surface area (Å²) in [7, 11) is 0. The SMILES string of the molecule is CCCCCC(CC(CCCCC)OC(=O)c1ccccc1)OC(=O)c1ccccc1. The first-order valence-corrected chi connectivity index (χ1v) is 11.7. The maximum atomic E-state index is 12.6. The molecule has 168 valence electrons. The minimum Gasteiger partial charge on any atom is -0.459 e. The zero-order chi connectivity index (χ0) is 22.3. The van der Waals surface area contributed by atoms with Gasteiger partial charge in [0.2, 0.25) is 0 Å². The van der Waals surface area contributed by atoms with Crippen LogP contribution in [0, 0.1) is 0 Å². The van der Waals surface area contributed by atoms with Gasteiger partial charge in [0.15, 0.2) is 0 Å². The van der Waals surface area contributed by atoms with Gasteiger partial charge in [-0.3, -0.25) is 0 Å². The lowest BCUT2D eigenvalue weighted by atomic mass is 10.0. The number of carbonyl (C=O) groups excluding carboxylic acids is 2. The fourth-order valence-electron chi connectivity index (χ4n) is 3.57. The molecule has 4 nitrogen and oxygen atoms in total. The third-order valence-electron chi connectivity index (χ3n) is 5.35. The van der Waals surface area contributed by atoms with Gasteiger partial charge in [0.05, 0.1) is 11.1 Å². The van der Waals surface area contributed by atoms with E-state index in [1.165, 1.54) is 0 Å². The number of hydrogen-bond acceptors (Lipinski definition) is 4. The molecule has 2 rings (SSSR count). The van der Waals surface area contributed by atoms with Gasteiger partial charge in [-0.2, -0.15) is 0 Å². The Bertz CT molecular complexity index is 692. The molecule has 31 heavy (non-hydrogen) atoms. The van der Waals surface area contributed by atoms with Gasteiger partial charge in [0, 0.05) is 6.42 Å². The Kier molecular flexibility index (Phi) is 11.4. The van der Waals surface area contributed by atoms with E-state index >= 15 is 0 Å². The molecule has 2 aromatic rings. The monoisotopic (exact) mass is 424 g/mol. The highest BCUT2D eigenvalue weighted by Crippen LogP contribution is 2.21. The Morgan fingerprint density at radius 3 is 1.39 bits per heavy atom. The summed E-state index contributed by atoms with van der Waals surface area (Å²) in [5, 5.41) is 0. The lowest BCUT2D eigenvalue weighted by molar-refractivity contribution is -0.00489. The van der Waals surface area contributed by atoms with E-state index in [4.69, 9.17) is 9.47 Å². The predicted octanol–water partition coefficient (Wildman–Crippen LogP) is 6.99. The molecule has 2 atom stereocenters. The van der Waals surface area contributed by atoms with Crippen LogP contribution in [0.4, 0.5) is 0 Å². The van der Waals surface area contributed by atoms with Crippen LogP contribution in [-0.4, -0.2) is 24.1 Å². The standard InChI is InChI=1S/C27H36O4/c1-3-5-9-19-24(30-26(28)22-15-11-7-12-16-22)21-25(20-10-6-4-2)31-27(29)23-17-13-8-14-18-23/h7-8,11-18,24-25H,3-6,9-10,19-21H2,1-2H3. The molecule has 0 N–H and O–H groups in total. The Labute approximate surface area is 187 Å². The van der Waals surface area contributed by atoms with Crippen LogP contribution in [0.2, 0.25) is 0 Å². The summed E-state index contributed by atoms with van der Waals surface area (Å²) in [5.74, 6) is -0.632. The van der Waals surface area contributed by atoms with Gasteiger partial charge in [0.25, 0.3) is 0 Å². The first-order chi connectivity index (χ1) is 15.1. The highest BCUT2D eigenvalue weighted by Gasteiger charge is 2.24. The van der Waals surface area contributed by atoms with Gasteiger partial charge in [-0.15, -0.1) is 0 Å². The van der Waals surface area contributed by atoms with Crippen LogP contribution in [0.5, 0.6) is 0 Å². The topological polar surface area (TPSA) is 52.6 Å². The molecule has 0 fully saturated rings. The van der Waals surface area contributed by atoms with Crippen molar-refractivity contribution < 1.29 is 19.1 Å². The largest absolute Gasteiger partial charge is 0.459 e. The second kappa shape index (κ2) is 14.4. The summed E-state index contributed by atoms with van der Waals surface area (Å²) in [4.78, 5) is 25.3. The van der Waals surface area contributed by atoms with E-state index in [0.29, 0.717) is 17.5 Å². The van der Waals surface area contributed by atoms with Crippen molar-refractivity contribution in [2.45, 2.75) is 83.8 Å². The number of rotatable bonds is 14. The van der Waals surface area contributed by atoms with E-state index in [-0.39, 0.29) is 24.1 Å². The fraction of sp³-hybridized carbons (Fsp3) is 0.481. The summed E-state index contributed by atoms with van der Waals surface area (Å²) < 4.78 is 11.8. The maximum absolute atomic E-state index is 12.6. The quantitative estimate of drug-likeness (QED) is 0.242. The van der Waals surface area contributed by atoms with E-state index in [0.717, 1.165) is 51.4 Å². The Morgan fingerprint density at radius 1 is 0.645 bits per heavy atom. The number of carbonyl (C=O) groups is 2. The average molecular weight is 425 g/mol. The lowest BCUT2D eigenvalue weighted by Crippen LogP contribution is -2.28. The summed E-state index contributed by atoms with van der Waals surface area (Å²) in [6, 6.07) is 18.1. The van der Waals surface area contributed by atoms with E-state index in [2.05, 4.69) is 13.8 Å². The minimum atomic E-state index is -0.316. The molecule has 2 unspecified atom stereocenters. The van der Waals surface area contributed by atoms with Gasteiger partial charge < -0.3 is 9.47 Å². The van der Waals surface area contributed by atoms with Crippen molar-refractivity contribution in [3.05, 3.63) is 71.8 Å². The predicted molar refractivity (Wildman–Crippen MR) is 124 cm³/mol. The molecule has 0 aliphatic carbocycles. The van der Waals surface area contributed by atoms with Crippen LogP contribution < -0.4 is 0 Å². The fourth-order valence-corrected chi connectivity index (χ4v) is 3.57. The van der Waals surface area contributed by atoms with Crippen molar-refractivity contribution >= 4 is 11.9 Å². The third kappa shape index (κ3) is 9.37. The van der Waals surface area contributed by atoms with E-state index in [9.17, 15) is 9.59 Å². The Morgan fingerprint density at radius 2 is 1.03 bits per heavy atom. The molecular formula is C27H36O4. The highest BCUT2D eigenvalue weighted by atomic mass is 16.6. The van der Waals surface area contributed by atoms with Crippen LogP contribution >= 0.6 is 0 Å². The van der Waals surface area contributed by atoms with Crippen LogP contribution in [0.3, 0.4) is 0 Å². The zero-order valence-corrected chi connectivity index (χ0v) is 18.9. The molecule has 0 aliphatic heterocycles. The second-order valence-electron chi connectivity index (χ2n) is 8.01. The minimum absolute atomic E-state index is 0.269. The highest BCUT2D eigenvalue weighted by molar-refractivity contribution is 5.90. The normalized spacial score (nSPS) is 12.7. The zero-order valence-electron chi connectivity index (χ0n) is 18.9. The summed E-state index contributed by atoms with van der Waals surface area (Å²) in [6.45, 7) is 4.31. The van der Waals surface area contributed by atoms with Crippen LogP contribution in [0.1, 0.15) is 92.4 Å². The summed E-state index contributed by atoms with van der Waals surface area (Å²) >= 11 is 0. The van der Waals surface area contributed by atoms with Crippen molar-refractivity contribution in [2.24, 2.45) is 0 Å². The van der Waals surface area contributed by atoms with E-state index < -0.39 is 0 Å². The summed E-state index contributed by atoms with van der Waals surface area (Å²) in [6.07, 6.45) is 7.89. The van der Waals surface area contributed by atoms with E-state index in [1.54, 1.807) is 24.3 Å². The lowest BCUT2D eigenvalue weighted by Gasteiger charge is -2.24. The van der Waals surface area contributed by atoms with Crippen molar-refractivity contribution in [3.63, 3.8) is 0 Å². The van der Waals surface area contributed by atoms with Crippen molar-refractivity contribution in [3.8, 4) is 0 Å². The van der Waals surface area contributed by atoms with Crippen molar-refractivity contribution in [2.75, 3.05) is 0 Å². The molecule has 2 aromatic carbocycles. The molecule has 0 aliphatic rings. The van der Waals surface area contributed by atoms with Crippen LogP contribution in [0.25, 0.3) is 0 Å². The van der Waals surface area contributed by atoms with Gasteiger partial charge in [-0.25, -0.2) is 9.59 Å². The third-order valence-corrected chi connectivity index (χ3v) is 5.35. The number of ether oxygens (including phenoxy) is 2. The molecule has 0 saturated carbocycles. The first-order valence-electron chi connectivity index (χ1n) is 11.7. The van der Waals surface area contributed by atoms with Gasteiger partial charge in [0.1, 0.15) is 12.2 Å². The van der Waals surface area contributed by atoms with Crippen molar-refractivity contribution in [1.29, 1.82) is 0 Å². The maximum Gasteiger partial charge on any atom is 0.338 e. The van der Waals surface area contributed by atoms with Gasteiger partial charge in [-0.05, 0) is 49.9 Å². The second-order valence-corrected chi connectivity index (χ2v) is 8.01. The summed E-state index contributed by atoms with van der Waals surface area (Å²) in [5.41, 5.74) is 1.10. The van der Waals surface area contributed by atoms with Crippen LogP contribution in [-0.2, 0) is 9.47 Å². The smallest absolute Gasteiger partial charge is 0.338 e. The van der Waals surface area contributed by atoms with E-state index in [1.807, 2.05) is 36.4 Å². The molecule has 0 aromatic heterocycles. The number of hydrogen-bond donors (Lipinski definition) is 0. The number of esters is 2. The molecule has 0 bridgehead atoms. The molecule has 0 amide bonds. The number of unbranched alkanes of at least 4 members (excludes halogenated alkanes) is 4. The number of benzene rings is 2. The Hall–Kier alpha value is -2.62. The van der Waals surface area contributed by atoms with Gasteiger partial charge in [-0.1, -0.05) is 75.9 Å². The average Bonchev–Trinajstić information content (AvgIpc) is 2.80. The molecule has 0 spiro atoms. The molecule has 4 heteroatoms. The van der Waals surface area contributed by atoms with Crippen molar-refractivity contribution in [1.82, 2.24) is 0 Å². The first kappa shape index (κ1) is 24.6. The molecular weight excluding hydrogens is 388 g/mol. The molecule has 0 saturated heterocycles. The van der Waals surface area contributed by atoms with Gasteiger partial charge >= 0.3 is 11.9 Å². The molecule has 0 heterocycles. The molecule has 0 radical (unpaired) electrons. The van der Waals surface area contributed by atoms with Crippen LogP contribution in [0.15, 0.2) is 60.7 Å².